The van der Waals surface area contributed by atoms with Crippen LogP contribution in [-0.4, -0.2) is 35.4 Å². The van der Waals surface area contributed by atoms with Crippen molar-refractivity contribution in [1.29, 1.82) is 0 Å². The number of aromatic amines is 1. The summed E-state index contributed by atoms with van der Waals surface area (Å²) in [6.07, 6.45) is 5.45. The zero-order valence-corrected chi connectivity index (χ0v) is 11.5. The van der Waals surface area contributed by atoms with Gasteiger partial charge in [-0.15, -0.1) is 0 Å². The molecule has 0 spiro atoms. The van der Waals surface area contributed by atoms with Gasteiger partial charge in [0.1, 0.15) is 11.5 Å². The Kier molecular flexibility index (Phi) is 3.45. The van der Waals surface area contributed by atoms with Gasteiger partial charge in [-0.25, -0.2) is 4.99 Å². The number of nitrogens with zero attached hydrogens (tertiary/aromatic N) is 2. The molecule has 1 unspecified atom stereocenters. The first-order chi connectivity index (χ1) is 9.66. The van der Waals surface area contributed by atoms with Crippen molar-refractivity contribution in [3.8, 4) is 0 Å². The van der Waals surface area contributed by atoms with Gasteiger partial charge in [-0.2, -0.15) is 5.10 Å². The molecule has 0 radical (unpaired) electrons. The van der Waals surface area contributed by atoms with Crippen LogP contribution in [0.5, 0.6) is 0 Å². The fraction of sp³-hybridized carbons (Fsp3) is 0.538. The second kappa shape index (κ2) is 5.26. The summed E-state index contributed by atoms with van der Waals surface area (Å²) in [6, 6.07) is 1.93. The molecule has 2 aliphatic heterocycles. The number of anilines is 1. The fourth-order valence-corrected chi connectivity index (χ4v) is 2.60. The fourth-order valence-electron chi connectivity index (χ4n) is 2.60. The van der Waals surface area contributed by atoms with E-state index in [1.54, 1.807) is 6.34 Å². The molecule has 0 saturated carbocycles. The molecule has 1 aromatic heterocycles. The highest BCUT2D eigenvalue weighted by molar-refractivity contribution is 5.63. The van der Waals surface area contributed by atoms with Crippen molar-refractivity contribution < 1.29 is 4.74 Å². The van der Waals surface area contributed by atoms with Crippen molar-refractivity contribution in [2.75, 3.05) is 18.5 Å². The number of aryl methyl sites for hydroxylation is 1. The van der Waals surface area contributed by atoms with E-state index >= 15 is 0 Å². The monoisotopic (exact) mass is 276 g/mol. The minimum Gasteiger partial charge on any atom is -0.381 e. The number of nitrogens with one attached hydrogen (secondary N) is 3. The van der Waals surface area contributed by atoms with Crippen LogP contribution in [-0.2, 0) is 4.74 Å². The van der Waals surface area contributed by atoms with E-state index < -0.39 is 5.66 Å². The van der Waals surface area contributed by atoms with Gasteiger partial charge >= 0.3 is 0 Å². The largest absolute Gasteiger partial charge is 0.381 e. The van der Waals surface area contributed by atoms with Crippen LogP contribution in [0.2, 0.25) is 0 Å². The Morgan fingerprint density at radius 2 is 2.25 bits per heavy atom. The van der Waals surface area contributed by atoms with Crippen molar-refractivity contribution in [1.82, 2.24) is 15.5 Å². The molecule has 2 aliphatic rings. The Bertz CT molecular complexity index is 531. The van der Waals surface area contributed by atoms with E-state index in [1.807, 2.05) is 19.1 Å². The first-order valence-electron chi connectivity index (χ1n) is 6.84. The predicted molar refractivity (Wildman–Crippen MR) is 77.1 cm³/mol. The molecule has 3 rings (SSSR count). The smallest absolute Gasteiger partial charge is 0.153 e. The summed E-state index contributed by atoms with van der Waals surface area (Å²) in [7, 11) is 0. The molecule has 0 bridgehead atoms. The predicted octanol–water partition coefficient (Wildman–Crippen LogP) is 0.685. The normalized spacial score (nSPS) is 27.0. The topological polar surface area (TPSA) is 100 Å². The number of H-pyrrole nitrogens is 1. The van der Waals surface area contributed by atoms with Gasteiger partial charge in [-0.3, -0.25) is 5.10 Å². The van der Waals surface area contributed by atoms with Crippen molar-refractivity contribution in [2.24, 2.45) is 16.6 Å². The third-order valence-corrected chi connectivity index (χ3v) is 3.73. The average molecular weight is 276 g/mol. The molecular weight excluding hydrogens is 256 g/mol. The van der Waals surface area contributed by atoms with E-state index in [1.165, 1.54) is 0 Å². The number of aliphatic imine (C=N–C) groups is 1. The lowest BCUT2D eigenvalue weighted by Crippen LogP contribution is -2.49. The van der Waals surface area contributed by atoms with Gasteiger partial charge in [0.05, 0.1) is 6.34 Å². The number of hydrogen-bond donors (Lipinski definition) is 4. The molecular formula is C13H20N6O. The molecule has 108 valence electrons. The second-order valence-electron chi connectivity index (χ2n) is 5.30. The van der Waals surface area contributed by atoms with Crippen LogP contribution in [0.3, 0.4) is 0 Å². The first-order valence-corrected chi connectivity index (χ1v) is 6.84. The van der Waals surface area contributed by atoms with E-state index in [0.717, 1.165) is 43.4 Å². The maximum atomic E-state index is 6.44. The van der Waals surface area contributed by atoms with Gasteiger partial charge in [0.25, 0.3) is 0 Å². The zero-order chi connectivity index (χ0) is 14.0. The van der Waals surface area contributed by atoms with Gasteiger partial charge in [0.2, 0.25) is 0 Å². The van der Waals surface area contributed by atoms with E-state index in [0.29, 0.717) is 5.92 Å². The van der Waals surface area contributed by atoms with Gasteiger partial charge < -0.3 is 21.1 Å². The van der Waals surface area contributed by atoms with E-state index in [-0.39, 0.29) is 0 Å². The molecule has 1 aromatic rings. The summed E-state index contributed by atoms with van der Waals surface area (Å²) in [5.74, 6) is 1.86. The third kappa shape index (κ3) is 2.68. The number of ether oxygens (including phenoxy) is 1. The van der Waals surface area contributed by atoms with Crippen LogP contribution in [0.25, 0.3) is 0 Å². The highest BCUT2D eigenvalue weighted by Crippen LogP contribution is 2.29. The highest BCUT2D eigenvalue weighted by Gasteiger charge is 2.35. The number of rotatable bonds is 3. The van der Waals surface area contributed by atoms with Crippen molar-refractivity contribution in [3.05, 3.63) is 23.7 Å². The maximum absolute atomic E-state index is 6.44. The Hall–Kier alpha value is -1.86. The van der Waals surface area contributed by atoms with E-state index in [9.17, 15) is 0 Å². The minimum atomic E-state index is -0.678. The number of aromatic nitrogens is 2. The van der Waals surface area contributed by atoms with E-state index in [2.05, 4.69) is 25.8 Å². The van der Waals surface area contributed by atoms with Gasteiger partial charge in [0, 0.05) is 30.9 Å². The summed E-state index contributed by atoms with van der Waals surface area (Å²) >= 11 is 0. The third-order valence-electron chi connectivity index (χ3n) is 3.73. The second-order valence-corrected chi connectivity index (χ2v) is 5.30. The van der Waals surface area contributed by atoms with Gasteiger partial charge in [-0.1, -0.05) is 0 Å². The molecule has 1 atom stereocenters. The molecule has 7 nitrogen and oxygen atoms in total. The van der Waals surface area contributed by atoms with Crippen LogP contribution in [0.4, 0.5) is 5.82 Å². The number of nitrogens with two attached hydrogens (primary N) is 1. The van der Waals surface area contributed by atoms with Crippen LogP contribution >= 0.6 is 0 Å². The lowest BCUT2D eigenvalue weighted by Gasteiger charge is -2.36. The molecule has 20 heavy (non-hydrogen) atoms. The molecule has 0 aliphatic carbocycles. The van der Waals surface area contributed by atoms with Crippen LogP contribution < -0.4 is 16.4 Å². The lowest BCUT2D eigenvalue weighted by atomic mass is 9.86. The van der Waals surface area contributed by atoms with Crippen molar-refractivity contribution >= 4 is 12.2 Å². The van der Waals surface area contributed by atoms with Crippen LogP contribution in [0.15, 0.2) is 23.0 Å². The number of hydrogen-bond acceptors (Lipinski definition) is 6. The van der Waals surface area contributed by atoms with Crippen LogP contribution in [0.1, 0.15) is 18.5 Å². The van der Waals surface area contributed by atoms with Crippen molar-refractivity contribution in [3.63, 3.8) is 0 Å². The lowest BCUT2D eigenvalue weighted by molar-refractivity contribution is 0.0484. The Morgan fingerprint density at radius 1 is 1.45 bits per heavy atom. The molecule has 1 fully saturated rings. The molecule has 0 amide bonds. The quantitative estimate of drug-likeness (QED) is 0.650. The zero-order valence-electron chi connectivity index (χ0n) is 11.5. The van der Waals surface area contributed by atoms with Gasteiger partial charge in [-0.05, 0) is 25.8 Å². The molecule has 0 aromatic carbocycles. The first kappa shape index (κ1) is 13.1. The standard InChI is InChI=1S/C13H20N6O/c1-9-6-11(19-18-9)17-12-7-13(14,16-8-15-12)10-2-4-20-5-3-10/h6-8,10H,2-5,14H2,1H3,(H,15,16)(H2,17,18,19). The Balaban J connectivity index is 1.75. The van der Waals surface area contributed by atoms with Gasteiger partial charge in [0.15, 0.2) is 5.82 Å². The van der Waals surface area contributed by atoms with E-state index in [4.69, 9.17) is 10.5 Å². The summed E-state index contributed by atoms with van der Waals surface area (Å²) in [5.41, 5.74) is 6.77. The summed E-state index contributed by atoms with van der Waals surface area (Å²) in [4.78, 5) is 4.42. The summed E-state index contributed by atoms with van der Waals surface area (Å²) in [6.45, 7) is 3.46. The molecule has 1 saturated heterocycles. The SMILES string of the molecule is Cc1cc(NC2=CC(N)(C3CCOCC3)N=CN2)n[nH]1. The molecule has 3 heterocycles. The highest BCUT2D eigenvalue weighted by atomic mass is 16.5. The summed E-state index contributed by atoms with van der Waals surface area (Å²) < 4.78 is 5.39. The minimum absolute atomic E-state index is 0.298. The van der Waals surface area contributed by atoms with Crippen LogP contribution in [0, 0.1) is 12.8 Å². The Morgan fingerprint density at radius 3 is 2.95 bits per heavy atom. The molecule has 7 heteroatoms. The maximum Gasteiger partial charge on any atom is 0.153 e. The molecule has 5 N–H and O–H groups in total. The Labute approximate surface area is 117 Å². The average Bonchev–Trinajstić information content (AvgIpc) is 2.85. The summed E-state index contributed by atoms with van der Waals surface area (Å²) in [5, 5.41) is 13.3. The van der Waals surface area contributed by atoms with Crippen molar-refractivity contribution in [2.45, 2.75) is 25.4 Å².